The predicted molar refractivity (Wildman–Crippen MR) is 136 cm³/mol. The maximum atomic E-state index is 13.8. The lowest BCUT2D eigenvalue weighted by Gasteiger charge is -2.23. The van der Waals surface area contributed by atoms with Gasteiger partial charge in [-0.15, -0.1) is 0 Å². The van der Waals surface area contributed by atoms with Gasteiger partial charge in [0.25, 0.3) is 0 Å². The number of benzene rings is 2. The van der Waals surface area contributed by atoms with Crippen LogP contribution < -0.4 is 5.32 Å². The molecule has 2 atom stereocenters. The minimum Gasteiger partial charge on any atom is -0.391 e. The highest BCUT2D eigenvalue weighted by Crippen LogP contribution is 2.27. The summed E-state index contributed by atoms with van der Waals surface area (Å²) < 4.78 is 27.5. The van der Waals surface area contributed by atoms with Gasteiger partial charge in [0.1, 0.15) is 23.3 Å². The molecule has 4 N–H and O–H groups in total. The molecule has 0 aliphatic rings. The van der Waals surface area contributed by atoms with Crippen LogP contribution >= 0.6 is 0 Å². The van der Waals surface area contributed by atoms with Crippen molar-refractivity contribution in [3.8, 4) is 11.4 Å². The summed E-state index contributed by atoms with van der Waals surface area (Å²) >= 11 is 0. The lowest BCUT2D eigenvalue weighted by atomic mass is 9.87. The summed E-state index contributed by atoms with van der Waals surface area (Å²) in [6.07, 6.45) is 7.13. The highest BCUT2D eigenvalue weighted by Gasteiger charge is 2.24. The number of halogens is 2. The van der Waals surface area contributed by atoms with Crippen LogP contribution in [-0.2, 0) is 19.4 Å². The van der Waals surface area contributed by atoms with Gasteiger partial charge < -0.3 is 20.4 Å². The number of nitrogens with zero attached hydrogens (tertiary/aromatic N) is 2. The maximum Gasteiger partial charge on any atom is 0.137 e. The van der Waals surface area contributed by atoms with Crippen LogP contribution in [0, 0.1) is 17.0 Å². The van der Waals surface area contributed by atoms with Crippen LogP contribution in [0.1, 0.15) is 49.2 Å². The molecular formula is C28H33F2N5O. The normalized spacial score (nSPS) is 13.6. The third kappa shape index (κ3) is 6.86. The van der Waals surface area contributed by atoms with Crippen molar-refractivity contribution in [3.05, 3.63) is 95.3 Å². The van der Waals surface area contributed by atoms with Crippen molar-refractivity contribution >= 4 is 0 Å². The number of imidazole rings is 2. The molecule has 4 rings (SSSR count). The molecule has 0 saturated carbocycles. The summed E-state index contributed by atoms with van der Waals surface area (Å²) in [5, 5.41) is 14.5. The summed E-state index contributed by atoms with van der Waals surface area (Å²) in [6.45, 7) is 7.41. The second-order valence-electron chi connectivity index (χ2n) is 10.4. The first-order valence-electron chi connectivity index (χ1n) is 12.1. The number of hydrogen-bond donors (Lipinski definition) is 4. The van der Waals surface area contributed by atoms with Crippen molar-refractivity contribution in [2.75, 3.05) is 6.54 Å². The summed E-state index contributed by atoms with van der Waals surface area (Å²) in [5.41, 5.74) is 3.91. The molecule has 6 nitrogen and oxygen atoms in total. The van der Waals surface area contributed by atoms with Crippen LogP contribution in [0.3, 0.4) is 0 Å². The first-order valence-corrected chi connectivity index (χ1v) is 12.1. The Morgan fingerprint density at radius 2 is 1.67 bits per heavy atom. The smallest absolute Gasteiger partial charge is 0.137 e. The minimum atomic E-state index is -0.840. The zero-order valence-corrected chi connectivity index (χ0v) is 20.9. The highest BCUT2D eigenvalue weighted by molar-refractivity contribution is 5.61. The highest BCUT2D eigenvalue weighted by atomic mass is 19.1. The van der Waals surface area contributed by atoms with Crippen molar-refractivity contribution in [1.29, 1.82) is 0 Å². The summed E-state index contributed by atoms with van der Waals surface area (Å²) in [7, 11) is 0. The molecule has 2 heterocycles. The van der Waals surface area contributed by atoms with Gasteiger partial charge in [-0.2, -0.15) is 0 Å². The minimum absolute atomic E-state index is 0.153. The largest absolute Gasteiger partial charge is 0.391 e. The van der Waals surface area contributed by atoms with Gasteiger partial charge in [-0.25, -0.2) is 18.7 Å². The Bertz CT molecular complexity index is 1230. The van der Waals surface area contributed by atoms with Gasteiger partial charge in [-0.05, 0) is 47.1 Å². The van der Waals surface area contributed by atoms with Gasteiger partial charge in [0.05, 0.1) is 6.10 Å². The number of aromatic nitrogens is 4. The van der Waals surface area contributed by atoms with E-state index in [2.05, 4.69) is 64.2 Å². The quantitative estimate of drug-likeness (QED) is 0.246. The Kier molecular flexibility index (Phi) is 7.96. The average Bonchev–Trinajstić information content (AvgIpc) is 3.50. The number of aromatic amines is 2. The topological polar surface area (TPSA) is 89.6 Å². The molecule has 8 heteroatoms. The van der Waals surface area contributed by atoms with E-state index in [1.807, 2.05) is 0 Å². The van der Waals surface area contributed by atoms with Gasteiger partial charge in [0.15, 0.2) is 0 Å². The van der Waals surface area contributed by atoms with Crippen LogP contribution in [0.25, 0.3) is 11.4 Å². The molecule has 4 aromatic rings. The van der Waals surface area contributed by atoms with E-state index in [-0.39, 0.29) is 18.4 Å². The van der Waals surface area contributed by atoms with Gasteiger partial charge in [-0.1, -0.05) is 39.0 Å². The summed E-state index contributed by atoms with van der Waals surface area (Å²) in [6, 6.07) is 9.81. The molecule has 0 bridgehead atoms. The molecule has 0 aliphatic heterocycles. The average molecular weight is 494 g/mol. The molecule has 190 valence electrons. The molecule has 2 unspecified atom stereocenters. The second kappa shape index (κ2) is 11.1. The number of nitrogens with one attached hydrogen (secondary N) is 3. The molecule has 0 fully saturated rings. The van der Waals surface area contributed by atoms with Gasteiger partial charge in [-0.3, -0.25) is 0 Å². The van der Waals surface area contributed by atoms with Crippen LogP contribution in [0.15, 0.2) is 61.2 Å². The van der Waals surface area contributed by atoms with Crippen LogP contribution in [0.4, 0.5) is 8.78 Å². The third-order valence-electron chi connectivity index (χ3n) is 6.04. The first-order chi connectivity index (χ1) is 17.2. The van der Waals surface area contributed by atoms with E-state index in [0.29, 0.717) is 17.9 Å². The molecule has 2 aromatic heterocycles. The molecule has 0 spiro atoms. The van der Waals surface area contributed by atoms with Gasteiger partial charge >= 0.3 is 0 Å². The van der Waals surface area contributed by atoms with Crippen molar-refractivity contribution < 1.29 is 13.9 Å². The molecule has 0 aliphatic carbocycles. The van der Waals surface area contributed by atoms with E-state index in [9.17, 15) is 13.9 Å². The number of aliphatic hydroxyl groups excluding tert-OH is 1. The number of H-pyrrole nitrogens is 2. The van der Waals surface area contributed by atoms with Crippen molar-refractivity contribution in [3.63, 3.8) is 0 Å². The van der Waals surface area contributed by atoms with E-state index in [0.717, 1.165) is 29.4 Å². The molecule has 0 amide bonds. The van der Waals surface area contributed by atoms with Crippen molar-refractivity contribution in [1.82, 2.24) is 25.3 Å². The van der Waals surface area contributed by atoms with E-state index in [4.69, 9.17) is 0 Å². The van der Waals surface area contributed by atoms with Crippen LogP contribution in [-0.4, -0.2) is 37.7 Å². The second-order valence-corrected chi connectivity index (χ2v) is 10.4. The SMILES string of the molecule is CC(C)(C)Cc1ccc(-c2ncc[nH]2)c(CNCC(O)C(Cc2cc(F)cc(F)c2)c2ncc[nH]2)c1. The van der Waals surface area contributed by atoms with E-state index in [1.165, 1.54) is 17.7 Å². The number of hydrogen-bond acceptors (Lipinski definition) is 4. The molecule has 2 aromatic carbocycles. The Balaban J connectivity index is 1.49. The molecular weight excluding hydrogens is 460 g/mol. The Morgan fingerprint density at radius 1 is 0.944 bits per heavy atom. The lowest BCUT2D eigenvalue weighted by molar-refractivity contribution is 0.136. The first kappa shape index (κ1) is 25.7. The molecule has 0 radical (unpaired) electrons. The van der Waals surface area contributed by atoms with Gasteiger partial charge in [0.2, 0.25) is 0 Å². The van der Waals surface area contributed by atoms with E-state index < -0.39 is 23.7 Å². The Morgan fingerprint density at radius 3 is 2.31 bits per heavy atom. The molecule has 36 heavy (non-hydrogen) atoms. The third-order valence-corrected chi connectivity index (χ3v) is 6.04. The van der Waals surface area contributed by atoms with Crippen molar-refractivity contribution in [2.24, 2.45) is 5.41 Å². The zero-order valence-electron chi connectivity index (χ0n) is 20.9. The summed E-state index contributed by atoms with van der Waals surface area (Å²) in [4.78, 5) is 14.9. The van der Waals surface area contributed by atoms with E-state index >= 15 is 0 Å². The fourth-order valence-corrected chi connectivity index (χ4v) is 4.53. The fraction of sp³-hybridized carbons (Fsp3) is 0.357. The fourth-order valence-electron chi connectivity index (χ4n) is 4.53. The van der Waals surface area contributed by atoms with Crippen LogP contribution in [0.5, 0.6) is 0 Å². The van der Waals surface area contributed by atoms with Gasteiger partial charge in [0, 0.05) is 55.4 Å². The Hall–Kier alpha value is -3.36. The van der Waals surface area contributed by atoms with E-state index in [1.54, 1.807) is 24.8 Å². The lowest BCUT2D eigenvalue weighted by Crippen LogP contribution is -2.33. The molecule has 0 saturated heterocycles. The monoisotopic (exact) mass is 493 g/mol. The number of rotatable bonds is 10. The summed E-state index contributed by atoms with van der Waals surface area (Å²) in [5.74, 6) is -0.396. The maximum absolute atomic E-state index is 13.8. The zero-order chi connectivity index (χ0) is 25.7. The predicted octanol–water partition coefficient (Wildman–Crippen LogP) is 5.14. The Labute approximate surface area is 210 Å². The van der Waals surface area contributed by atoms with Crippen LogP contribution in [0.2, 0.25) is 0 Å². The number of aliphatic hydroxyl groups is 1. The standard InChI is InChI=1S/C28H33F2N5O/c1-28(2,3)15-18-4-5-23(26-32-6-7-33-26)20(10-18)16-31-17-25(36)24(27-34-8-9-35-27)13-19-11-21(29)14-22(30)12-19/h4-12,14,24-25,31,36H,13,15-17H2,1-3H3,(H,32,33)(H,34,35). The van der Waals surface area contributed by atoms with Crippen molar-refractivity contribution in [2.45, 2.75) is 52.2 Å².